The van der Waals surface area contributed by atoms with Crippen molar-refractivity contribution in [2.75, 3.05) is 6.61 Å². The second-order valence-corrected chi connectivity index (χ2v) is 5.02. The van der Waals surface area contributed by atoms with E-state index >= 15 is 0 Å². The number of carbonyl (C=O) groups is 1. The second kappa shape index (κ2) is 9.87. The van der Waals surface area contributed by atoms with Gasteiger partial charge in [-0.15, -0.1) is 0 Å². The molecule has 11 heteroatoms. The summed E-state index contributed by atoms with van der Waals surface area (Å²) in [5.74, 6) is -1.96. The van der Waals surface area contributed by atoms with E-state index in [2.05, 4.69) is 4.99 Å². The zero-order valence-corrected chi connectivity index (χ0v) is 15.1. The number of nitrogens with zero attached hydrogens (tertiary/aromatic N) is 1. The van der Waals surface area contributed by atoms with Gasteiger partial charge < -0.3 is 40.1 Å². The fourth-order valence-corrected chi connectivity index (χ4v) is 2.11. The first-order valence-electron chi connectivity index (χ1n) is 6.57. The molecule has 0 aliphatic carbocycles. The van der Waals surface area contributed by atoms with Crippen LogP contribution in [0.15, 0.2) is 4.99 Å². The van der Waals surface area contributed by atoms with E-state index in [-0.39, 0.29) is 29.6 Å². The molecule has 1 saturated heterocycles. The van der Waals surface area contributed by atoms with Gasteiger partial charge in [0.1, 0.15) is 37.1 Å². The smallest absolute Gasteiger partial charge is 0.862 e. The van der Waals surface area contributed by atoms with Crippen molar-refractivity contribution in [3.05, 3.63) is 0 Å². The summed E-state index contributed by atoms with van der Waals surface area (Å²) >= 11 is 0. The molecule has 0 aromatic rings. The minimum atomic E-state index is -1.72. The quantitative estimate of drug-likeness (QED) is 0.178. The van der Waals surface area contributed by atoms with Crippen molar-refractivity contribution in [3.63, 3.8) is 0 Å². The number of aliphatic hydroxyl groups is 4. The molecule has 0 spiro atoms. The second-order valence-electron chi connectivity index (χ2n) is 5.02. The van der Waals surface area contributed by atoms with Gasteiger partial charge in [-0.05, 0) is 19.7 Å². The maximum atomic E-state index is 11.1. The Labute approximate surface area is 154 Å². The van der Waals surface area contributed by atoms with Gasteiger partial charge in [-0.1, -0.05) is 0 Å². The molecule has 0 amide bonds. The molecule has 0 unspecified atom stereocenters. The molecule has 0 saturated carbocycles. The summed E-state index contributed by atoms with van der Waals surface area (Å²) in [7, 11) is 0. The molecule has 5 N–H and O–H groups in total. The van der Waals surface area contributed by atoms with E-state index in [1.807, 2.05) is 0 Å². The van der Waals surface area contributed by atoms with Gasteiger partial charge in [0.2, 0.25) is 0 Å². The molecule has 128 valence electrons. The minimum absolute atomic E-state index is 0. The Morgan fingerprint density at radius 2 is 1.87 bits per heavy atom. The summed E-state index contributed by atoms with van der Waals surface area (Å²) in [5, 5.41) is 58.8. The van der Waals surface area contributed by atoms with Crippen molar-refractivity contribution in [3.8, 4) is 0 Å². The van der Waals surface area contributed by atoms with Gasteiger partial charge in [0, 0.05) is 0 Å². The summed E-state index contributed by atoms with van der Waals surface area (Å²) in [6.07, 6.45) is -9.18. The van der Waals surface area contributed by atoms with Gasteiger partial charge in [0.05, 0.1) is 6.10 Å². The Bertz CT molecular complexity index is 415. The van der Waals surface area contributed by atoms with Gasteiger partial charge in [0.15, 0.2) is 6.29 Å². The first kappa shape index (κ1) is 22.7. The fraction of sp³-hybridized carbons (Fsp3) is 0.833. The van der Waals surface area contributed by atoms with Crippen LogP contribution < -0.4 is 34.7 Å². The first-order chi connectivity index (χ1) is 10.1. The Kier molecular flexibility index (Phi) is 9.74. The molecule has 1 aliphatic rings. The van der Waals surface area contributed by atoms with Crippen LogP contribution in [0.5, 0.6) is 0 Å². The summed E-state index contributed by atoms with van der Waals surface area (Å²) in [6.45, 7) is 1.63. The monoisotopic (exact) mass is 345 g/mol. The van der Waals surface area contributed by atoms with Crippen LogP contribution >= 0.6 is 0 Å². The Hall–Kier alpha value is -0.300. The predicted molar refractivity (Wildman–Crippen MR) is 68.8 cm³/mol. The third-order valence-corrected chi connectivity index (χ3v) is 3.14. The van der Waals surface area contributed by atoms with Crippen LogP contribution in [0.2, 0.25) is 0 Å². The maximum Gasteiger partial charge on any atom is 1.00 e. The first-order valence-corrected chi connectivity index (χ1v) is 6.57. The molecule has 0 aromatic carbocycles. The number of hydrogen-bond donors (Lipinski definition) is 5. The van der Waals surface area contributed by atoms with Gasteiger partial charge in [-0.3, -0.25) is 4.99 Å². The molecular weight excluding hydrogens is 325 g/mol. The number of carboxylic acids is 1. The fourth-order valence-electron chi connectivity index (χ4n) is 2.11. The number of aliphatic hydroxyl groups excluding tert-OH is 4. The van der Waals surface area contributed by atoms with Gasteiger partial charge >= 0.3 is 35.5 Å². The van der Waals surface area contributed by atoms with Crippen molar-refractivity contribution < 1.29 is 74.5 Å². The molecule has 1 heterocycles. The van der Waals surface area contributed by atoms with Crippen molar-refractivity contribution in [1.82, 2.24) is 0 Å². The van der Waals surface area contributed by atoms with Crippen molar-refractivity contribution >= 4 is 11.9 Å². The molecule has 0 bridgehead atoms. The molecule has 10 nitrogen and oxygen atoms in total. The number of hydrogen-bond acceptors (Lipinski definition) is 9. The minimum Gasteiger partial charge on any atom is -0.862 e. The Balaban J connectivity index is 0.00000484. The van der Waals surface area contributed by atoms with Gasteiger partial charge in [0.25, 0.3) is 0 Å². The summed E-state index contributed by atoms with van der Waals surface area (Å²) in [5.41, 5.74) is 0. The predicted octanol–water partition coefficient (Wildman–Crippen LogP) is -6.57. The van der Waals surface area contributed by atoms with Crippen molar-refractivity contribution in [1.29, 1.82) is 0 Å². The van der Waals surface area contributed by atoms with Crippen LogP contribution in [-0.2, 0) is 14.3 Å². The van der Waals surface area contributed by atoms with Crippen LogP contribution in [0, 0.1) is 0 Å². The summed E-state index contributed by atoms with van der Waals surface area (Å²) in [4.78, 5) is 14.1. The number of aliphatic imine (C=N–C) groups is 1. The molecule has 23 heavy (non-hydrogen) atoms. The molecule has 0 radical (unpaired) electrons. The molecule has 0 aromatic heterocycles. The van der Waals surface area contributed by atoms with E-state index in [1.165, 1.54) is 6.92 Å². The molecule has 1 rings (SSSR count). The van der Waals surface area contributed by atoms with E-state index in [4.69, 9.17) is 14.6 Å². The standard InChI is InChI=1S/C12H21NO9.Na/c1-4(14)7(13-5(2)15)11-9(19)8(18)10(20)12(22-11)21-3-6(16)17;/h4,7-12,14,18-20H,3H2,1-2H3,(H,13,15)(H,16,17);/q;+1/p-1/t4-,7-,8+,9-,10-,11-,12-;/m1./s1. The van der Waals surface area contributed by atoms with E-state index in [1.54, 1.807) is 0 Å². The third-order valence-electron chi connectivity index (χ3n) is 3.14. The number of rotatable bonds is 6. The Morgan fingerprint density at radius 3 is 2.30 bits per heavy atom. The SMILES string of the molecule is CC([O-])=N[C@@H]([C@H]1O[C@@H](OCC(=O)O)[C@H](O)[C@@H](O)[C@H]1O)[C@@H](C)O.[Na+]. The molecular formula is C12H20NNaO9. The zero-order valence-electron chi connectivity index (χ0n) is 13.1. The zero-order chi connectivity index (χ0) is 17.0. The van der Waals surface area contributed by atoms with Crippen LogP contribution in [0.25, 0.3) is 0 Å². The van der Waals surface area contributed by atoms with Crippen molar-refractivity contribution in [2.24, 2.45) is 4.99 Å². The normalized spacial score (nSPS) is 34.3. The van der Waals surface area contributed by atoms with Crippen LogP contribution in [-0.4, -0.2) is 86.9 Å². The van der Waals surface area contributed by atoms with Crippen LogP contribution in [0.1, 0.15) is 13.8 Å². The van der Waals surface area contributed by atoms with Gasteiger partial charge in [-0.2, -0.15) is 0 Å². The van der Waals surface area contributed by atoms with E-state index in [0.29, 0.717) is 0 Å². The number of ether oxygens (including phenoxy) is 2. The third kappa shape index (κ3) is 6.25. The topological polar surface area (TPSA) is 172 Å². The van der Waals surface area contributed by atoms with Crippen molar-refractivity contribution in [2.45, 2.75) is 56.7 Å². The van der Waals surface area contributed by atoms with Crippen LogP contribution in [0.4, 0.5) is 0 Å². The largest absolute Gasteiger partial charge is 1.00 e. The van der Waals surface area contributed by atoms with E-state index < -0.39 is 61.3 Å². The average molecular weight is 345 g/mol. The number of carboxylic acid groups (broad SMARTS) is 1. The average Bonchev–Trinajstić information content (AvgIpc) is 2.41. The van der Waals surface area contributed by atoms with E-state index in [9.17, 15) is 30.3 Å². The Morgan fingerprint density at radius 1 is 1.30 bits per heavy atom. The van der Waals surface area contributed by atoms with Crippen LogP contribution in [0.3, 0.4) is 0 Å². The number of aliphatic carboxylic acids is 1. The summed E-state index contributed by atoms with van der Waals surface area (Å²) in [6, 6.07) is -1.22. The summed E-state index contributed by atoms with van der Waals surface area (Å²) < 4.78 is 9.99. The molecule has 1 fully saturated rings. The van der Waals surface area contributed by atoms with E-state index in [0.717, 1.165) is 6.92 Å². The molecule has 1 aliphatic heterocycles. The molecule has 7 atom stereocenters. The van der Waals surface area contributed by atoms with Gasteiger partial charge in [-0.25, -0.2) is 4.79 Å². The maximum absolute atomic E-state index is 11.1.